The van der Waals surface area contributed by atoms with Crippen molar-refractivity contribution in [3.63, 3.8) is 0 Å². The Morgan fingerprint density at radius 2 is 2.50 bits per heavy atom. The minimum atomic E-state index is -0.243. The van der Waals surface area contributed by atoms with Crippen LogP contribution >= 0.6 is 11.3 Å². The molecule has 5 heteroatoms. The van der Waals surface area contributed by atoms with Gasteiger partial charge in [0.1, 0.15) is 0 Å². The van der Waals surface area contributed by atoms with E-state index in [-0.39, 0.29) is 12.4 Å². The highest BCUT2D eigenvalue weighted by Crippen LogP contribution is 2.37. The lowest BCUT2D eigenvalue weighted by atomic mass is 10.3. The fourth-order valence-corrected chi connectivity index (χ4v) is 2.31. The Hall–Kier alpha value is -1.10. The molecule has 1 aromatic rings. The molecule has 4 nitrogen and oxygen atoms in total. The molecule has 2 rings (SSSR count). The van der Waals surface area contributed by atoms with Gasteiger partial charge in [0.2, 0.25) is 0 Å². The number of aromatic nitrogens is 1. The summed E-state index contributed by atoms with van der Waals surface area (Å²) in [5.41, 5.74) is 0.781. The van der Waals surface area contributed by atoms with Crippen LogP contribution in [0.4, 0.5) is 5.13 Å². The largest absolute Gasteiger partial charge is 0.469 e. The van der Waals surface area contributed by atoms with Gasteiger partial charge < -0.3 is 10.1 Å². The third kappa shape index (κ3) is 2.95. The van der Waals surface area contributed by atoms with Crippen molar-refractivity contribution in [3.05, 3.63) is 11.1 Å². The third-order valence-corrected chi connectivity index (χ3v) is 3.75. The molecule has 0 aliphatic heterocycles. The van der Waals surface area contributed by atoms with E-state index in [9.17, 15) is 4.79 Å². The summed E-state index contributed by atoms with van der Waals surface area (Å²) in [5, 5.41) is 6.10. The summed E-state index contributed by atoms with van der Waals surface area (Å²) >= 11 is 1.54. The number of hydrogen-bond donors (Lipinski definition) is 1. The highest BCUT2D eigenvalue weighted by molar-refractivity contribution is 7.13. The second-order valence-corrected chi connectivity index (χ2v) is 5.11. The van der Waals surface area contributed by atoms with E-state index in [1.54, 1.807) is 11.3 Å². The molecule has 88 valence electrons. The summed E-state index contributed by atoms with van der Waals surface area (Å²) in [5.74, 6) is 1.41. The molecular formula is C11H16N2O2S. The Labute approximate surface area is 99.0 Å². The number of thiazole rings is 1. The first-order valence-electron chi connectivity index (χ1n) is 5.44. The minimum absolute atomic E-state index is 0.243. The quantitative estimate of drug-likeness (QED) is 0.799. The van der Waals surface area contributed by atoms with Crippen molar-refractivity contribution < 1.29 is 9.53 Å². The normalized spacial score (nSPS) is 22.9. The minimum Gasteiger partial charge on any atom is -0.469 e. The molecule has 1 aromatic heterocycles. The van der Waals surface area contributed by atoms with Gasteiger partial charge in [-0.15, -0.1) is 11.3 Å². The number of carbonyl (C=O) groups excluding carboxylic acids is 1. The van der Waals surface area contributed by atoms with Crippen LogP contribution < -0.4 is 5.32 Å². The van der Waals surface area contributed by atoms with Gasteiger partial charge in [0.25, 0.3) is 0 Å². The van der Waals surface area contributed by atoms with Crippen molar-refractivity contribution in [2.75, 3.05) is 19.0 Å². The molecule has 0 radical (unpaired) electrons. The van der Waals surface area contributed by atoms with E-state index in [0.29, 0.717) is 0 Å². The molecule has 1 aliphatic carbocycles. The molecule has 0 saturated heterocycles. The first kappa shape index (κ1) is 11.4. The van der Waals surface area contributed by atoms with E-state index < -0.39 is 0 Å². The van der Waals surface area contributed by atoms with Crippen molar-refractivity contribution in [2.24, 2.45) is 11.8 Å². The fourth-order valence-electron chi connectivity index (χ4n) is 1.59. The zero-order valence-electron chi connectivity index (χ0n) is 9.53. The number of nitrogens with one attached hydrogen (secondary N) is 1. The molecule has 2 atom stereocenters. The van der Waals surface area contributed by atoms with Crippen LogP contribution in [0.2, 0.25) is 0 Å². The van der Waals surface area contributed by atoms with Gasteiger partial charge in [-0.05, 0) is 18.3 Å². The van der Waals surface area contributed by atoms with Gasteiger partial charge in [-0.25, -0.2) is 4.98 Å². The monoisotopic (exact) mass is 240 g/mol. The van der Waals surface area contributed by atoms with E-state index in [2.05, 4.69) is 22.0 Å². The Bertz CT molecular complexity index is 378. The molecular weight excluding hydrogens is 224 g/mol. The van der Waals surface area contributed by atoms with Gasteiger partial charge in [-0.2, -0.15) is 0 Å². The molecule has 0 aromatic carbocycles. The molecule has 1 fully saturated rings. The summed E-state index contributed by atoms with van der Waals surface area (Å²) in [6.45, 7) is 3.25. The molecule has 0 spiro atoms. The summed E-state index contributed by atoms with van der Waals surface area (Å²) in [4.78, 5) is 15.4. The average Bonchev–Trinajstić information content (AvgIpc) is 2.79. The number of ether oxygens (including phenoxy) is 1. The van der Waals surface area contributed by atoms with Crippen LogP contribution in [0.5, 0.6) is 0 Å². The van der Waals surface area contributed by atoms with Crippen LogP contribution in [0.15, 0.2) is 5.38 Å². The topological polar surface area (TPSA) is 51.2 Å². The number of hydrogen-bond acceptors (Lipinski definition) is 5. The number of anilines is 1. The lowest BCUT2D eigenvalue weighted by Gasteiger charge is -1.99. The second-order valence-electron chi connectivity index (χ2n) is 4.25. The molecule has 1 heterocycles. The van der Waals surface area contributed by atoms with Gasteiger partial charge >= 0.3 is 5.97 Å². The predicted octanol–water partition coefficient (Wildman–Crippen LogP) is 1.93. The number of esters is 1. The lowest BCUT2D eigenvalue weighted by Crippen LogP contribution is -2.06. The maximum Gasteiger partial charge on any atom is 0.311 e. The van der Waals surface area contributed by atoms with Crippen LogP contribution in [0.1, 0.15) is 19.0 Å². The van der Waals surface area contributed by atoms with E-state index in [1.807, 2.05) is 5.38 Å². The first-order valence-corrected chi connectivity index (χ1v) is 6.32. The van der Waals surface area contributed by atoms with Gasteiger partial charge in [0.05, 0.1) is 19.2 Å². The highest BCUT2D eigenvalue weighted by atomic mass is 32.1. The summed E-state index contributed by atoms with van der Waals surface area (Å²) < 4.78 is 4.59. The van der Waals surface area contributed by atoms with Crippen molar-refractivity contribution in [2.45, 2.75) is 19.8 Å². The number of carbonyl (C=O) groups is 1. The van der Waals surface area contributed by atoms with Gasteiger partial charge in [0.15, 0.2) is 5.13 Å². The highest BCUT2D eigenvalue weighted by Gasteiger charge is 2.32. The van der Waals surface area contributed by atoms with Crippen molar-refractivity contribution >= 4 is 22.4 Å². The summed E-state index contributed by atoms with van der Waals surface area (Å²) in [6.07, 6.45) is 1.57. The molecule has 1 N–H and O–H groups in total. The van der Waals surface area contributed by atoms with Crippen molar-refractivity contribution in [1.29, 1.82) is 0 Å². The summed E-state index contributed by atoms with van der Waals surface area (Å²) in [7, 11) is 1.39. The SMILES string of the molecule is COC(=O)Cc1csc(NCC2CC2C)n1. The smallest absolute Gasteiger partial charge is 0.311 e. The first-order chi connectivity index (χ1) is 7.69. The lowest BCUT2D eigenvalue weighted by molar-refractivity contribution is -0.139. The standard InChI is InChI=1S/C11H16N2O2S/c1-7-3-8(7)5-12-11-13-9(6-16-11)4-10(14)15-2/h6-8H,3-5H2,1-2H3,(H,12,13). The van der Waals surface area contributed by atoms with Crippen LogP contribution in [0.3, 0.4) is 0 Å². The van der Waals surface area contributed by atoms with Crippen molar-refractivity contribution in [1.82, 2.24) is 4.98 Å². The van der Waals surface area contributed by atoms with E-state index in [0.717, 1.165) is 29.2 Å². The Morgan fingerprint density at radius 3 is 3.12 bits per heavy atom. The fraction of sp³-hybridized carbons (Fsp3) is 0.636. The van der Waals surface area contributed by atoms with Crippen LogP contribution in [0.25, 0.3) is 0 Å². The predicted molar refractivity (Wildman–Crippen MR) is 63.6 cm³/mol. The van der Waals surface area contributed by atoms with Crippen molar-refractivity contribution in [3.8, 4) is 0 Å². The van der Waals surface area contributed by atoms with Gasteiger partial charge in [0, 0.05) is 11.9 Å². The third-order valence-electron chi connectivity index (χ3n) is 2.90. The van der Waals surface area contributed by atoms with E-state index >= 15 is 0 Å². The van der Waals surface area contributed by atoms with Crippen LogP contribution in [-0.4, -0.2) is 24.6 Å². The van der Waals surface area contributed by atoms with Gasteiger partial charge in [-0.3, -0.25) is 4.79 Å². The summed E-state index contributed by atoms with van der Waals surface area (Å²) in [6, 6.07) is 0. The number of rotatable bonds is 5. The Morgan fingerprint density at radius 1 is 1.75 bits per heavy atom. The molecule has 1 aliphatic rings. The van der Waals surface area contributed by atoms with Crippen LogP contribution in [-0.2, 0) is 16.0 Å². The average molecular weight is 240 g/mol. The maximum atomic E-state index is 11.0. The van der Waals surface area contributed by atoms with Crippen LogP contribution in [0, 0.1) is 11.8 Å². The van der Waals surface area contributed by atoms with E-state index in [4.69, 9.17) is 0 Å². The maximum absolute atomic E-state index is 11.0. The molecule has 0 amide bonds. The Kier molecular flexibility index (Phi) is 3.43. The number of methoxy groups -OCH3 is 1. The van der Waals surface area contributed by atoms with Gasteiger partial charge in [-0.1, -0.05) is 6.92 Å². The zero-order chi connectivity index (χ0) is 11.5. The molecule has 0 bridgehead atoms. The zero-order valence-corrected chi connectivity index (χ0v) is 10.3. The molecule has 2 unspecified atom stereocenters. The number of nitrogens with zero attached hydrogens (tertiary/aromatic N) is 1. The Balaban J connectivity index is 1.80. The second kappa shape index (κ2) is 4.82. The molecule has 1 saturated carbocycles. The van der Waals surface area contributed by atoms with E-state index in [1.165, 1.54) is 13.5 Å². The molecule has 16 heavy (non-hydrogen) atoms.